The number of carbonyl (C=O) groups excluding carboxylic acids is 2. The smallest absolute Gasteiger partial charge is 0.315 e. The molecule has 8 heteroatoms. The Morgan fingerprint density at radius 1 is 0.900 bits per heavy atom. The first-order valence-corrected chi connectivity index (χ1v) is 12.8. The minimum absolute atomic E-state index is 0.0392. The number of carbonyl (C=O) groups is 3. The molecular weight excluding hydrogens is 402 g/mol. The lowest BCUT2D eigenvalue weighted by molar-refractivity contribution is -0.137. The minimum Gasteiger partial charge on any atom is -0.481 e. The number of amides is 3. The van der Waals surface area contributed by atoms with Crippen LogP contribution >= 0.6 is 11.8 Å². The molecular formula is C22H39N3O4S. The molecule has 0 bridgehead atoms. The summed E-state index contributed by atoms with van der Waals surface area (Å²) >= 11 is 1.93. The third-order valence-electron chi connectivity index (χ3n) is 5.97. The van der Waals surface area contributed by atoms with Gasteiger partial charge < -0.3 is 21.1 Å². The molecule has 2 aliphatic rings. The lowest BCUT2D eigenvalue weighted by atomic mass is 10.0. The van der Waals surface area contributed by atoms with Gasteiger partial charge in [-0.1, -0.05) is 51.4 Å². The van der Waals surface area contributed by atoms with Gasteiger partial charge in [0.15, 0.2) is 0 Å². The number of aliphatic carboxylic acids is 1. The van der Waals surface area contributed by atoms with Crippen LogP contribution in [0.3, 0.4) is 0 Å². The van der Waals surface area contributed by atoms with Crippen molar-refractivity contribution in [2.24, 2.45) is 0 Å². The van der Waals surface area contributed by atoms with Gasteiger partial charge in [0.25, 0.3) is 0 Å². The summed E-state index contributed by atoms with van der Waals surface area (Å²) in [5, 5.41) is 18.1. The van der Waals surface area contributed by atoms with Crippen molar-refractivity contribution >= 4 is 29.7 Å². The third kappa shape index (κ3) is 10.0. The molecule has 0 aliphatic carbocycles. The number of carboxylic acid groups (broad SMARTS) is 1. The van der Waals surface area contributed by atoms with Crippen molar-refractivity contribution in [3.8, 4) is 0 Å². The van der Waals surface area contributed by atoms with Gasteiger partial charge in [0.2, 0.25) is 5.91 Å². The average Bonchev–Trinajstić information content (AvgIpc) is 3.25. The third-order valence-corrected chi connectivity index (χ3v) is 7.48. The van der Waals surface area contributed by atoms with Gasteiger partial charge in [-0.3, -0.25) is 9.59 Å². The van der Waals surface area contributed by atoms with Crippen LogP contribution in [-0.2, 0) is 9.59 Å². The Morgan fingerprint density at radius 3 is 2.23 bits per heavy atom. The number of thioether (sulfide) groups is 1. The quantitative estimate of drug-likeness (QED) is 0.203. The van der Waals surface area contributed by atoms with Crippen LogP contribution in [0.4, 0.5) is 4.79 Å². The second kappa shape index (κ2) is 14.5. The zero-order valence-electron chi connectivity index (χ0n) is 18.1. The molecule has 2 saturated heterocycles. The van der Waals surface area contributed by atoms with Crippen molar-refractivity contribution in [3.05, 3.63) is 0 Å². The first-order chi connectivity index (χ1) is 14.6. The molecule has 2 fully saturated rings. The van der Waals surface area contributed by atoms with Gasteiger partial charge in [-0.05, 0) is 25.7 Å². The summed E-state index contributed by atoms with van der Waals surface area (Å²) in [4.78, 5) is 33.8. The maximum Gasteiger partial charge on any atom is 0.315 e. The van der Waals surface area contributed by atoms with Crippen molar-refractivity contribution in [3.63, 3.8) is 0 Å². The van der Waals surface area contributed by atoms with E-state index in [9.17, 15) is 14.4 Å². The molecule has 3 atom stereocenters. The highest BCUT2D eigenvalue weighted by atomic mass is 32.2. The fraction of sp³-hybridized carbons (Fsp3) is 0.864. The van der Waals surface area contributed by atoms with E-state index in [0.717, 1.165) is 63.7 Å². The van der Waals surface area contributed by atoms with E-state index in [4.69, 9.17) is 5.11 Å². The zero-order chi connectivity index (χ0) is 21.6. The normalized spacial score (nSPS) is 22.4. The molecule has 2 rings (SSSR count). The summed E-state index contributed by atoms with van der Waals surface area (Å²) in [5.74, 6) is 0.451. The van der Waals surface area contributed by atoms with E-state index in [2.05, 4.69) is 16.0 Å². The second-order valence-electron chi connectivity index (χ2n) is 8.54. The number of carboxylic acids is 1. The van der Waals surface area contributed by atoms with Crippen LogP contribution in [0.15, 0.2) is 0 Å². The molecule has 30 heavy (non-hydrogen) atoms. The predicted octanol–water partition coefficient (Wildman–Crippen LogP) is 3.81. The molecule has 0 aromatic carbocycles. The highest BCUT2D eigenvalue weighted by Crippen LogP contribution is 2.33. The Hall–Kier alpha value is -1.44. The van der Waals surface area contributed by atoms with Crippen molar-refractivity contribution in [1.29, 1.82) is 0 Å². The Balaban J connectivity index is 1.32. The molecule has 2 heterocycles. The highest BCUT2D eigenvalue weighted by Gasteiger charge is 2.42. The SMILES string of the molecule is O=C(O)CCCCCCCCCCCNC(=O)CCCC[C@@H]1SC[C@@H]2NC(=O)N[C@@H]21. The first-order valence-electron chi connectivity index (χ1n) is 11.7. The lowest BCUT2D eigenvalue weighted by Gasteiger charge is -2.16. The predicted molar refractivity (Wildman–Crippen MR) is 121 cm³/mol. The second-order valence-corrected chi connectivity index (χ2v) is 9.82. The number of nitrogens with one attached hydrogen (secondary N) is 3. The van der Waals surface area contributed by atoms with E-state index in [0.29, 0.717) is 18.1 Å². The monoisotopic (exact) mass is 441 g/mol. The number of urea groups is 1. The minimum atomic E-state index is -0.693. The molecule has 0 saturated carbocycles. The molecule has 172 valence electrons. The van der Waals surface area contributed by atoms with E-state index in [1.165, 1.54) is 25.7 Å². The van der Waals surface area contributed by atoms with Crippen LogP contribution in [0.25, 0.3) is 0 Å². The number of hydrogen-bond acceptors (Lipinski definition) is 4. The molecule has 4 N–H and O–H groups in total. The van der Waals surface area contributed by atoms with Crippen molar-refractivity contribution in [2.75, 3.05) is 12.3 Å². The van der Waals surface area contributed by atoms with Gasteiger partial charge in [0.05, 0.1) is 12.1 Å². The maximum absolute atomic E-state index is 11.9. The van der Waals surface area contributed by atoms with Crippen LogP contribution in [0.2, 0.25) is 0 Å². The Kier molecular flexibility index (Phi) is 12.0. The molecule has 3 amide bonds. The van der Waals surface area contributed by atoms with Crippen LogP contribution < -0.4 is 16.0 Å². The van der Waals surface area contributed by atoms with Crippen molar-refractivity contribution in [1.82, 2.24) is 16.0 Å². The molecule has 0 unspecified atom stereocenters. The van der Waals surface area contributed by atoms with Crippen LogP contribution in [0.5, 0.6) is 0 Å². The fourth-order valence-corrected chi connectivity index (χ4v) is 5.77. The average molecular weight is 442 g/mol. The standard InChI is InChI=1S/C22H39N3O4S/c26-19(13-10-9-12-18-21-17(16-30-18)24-22(29)25-21)23-15-11-7-5-3-1-2-4-6-8-14-20(27)28/h17-18,21H,1-16H2,(H,23,26)(H,27,28)(H2,24,25,29)/t17-,18-,21-/m0/s1. The number of hydrogen-bond donors (Lipinski definition) is 4. The first kappa shape index (κ1) is 24.8. The summed E-state index contributed by atoms with van der Waals surface area (Å²) in [6.07, 6.45) is 13.9. The molecule has 2 aliphatic heterocycles. The molecule has 0 radical (unpaired) electrons. The Bertz CT molecular complexity index is 546. The fourth-order valence-electron chi connectivity index (χ4n) is 4.23. The Labute approximate surface area is 184 Å². The zero-order valence-corrected chi connectivity index (χ0v) is 18.9. The topological polar surface area (TPSA) is 108 Å². The maximum atomic E-state index is 11.9. The van der Waals surface area contributed by atoms with Crippen molar-refractivity contribution < 1.29 is 19.5 Å². The van der Waals surface area contributed by atoms with Crippen LogP contribution in [0.1, 0.15) is 89.9 Å². The van der Waals surface area contributed by atoms with Gasteiger partial charge in [-0.15, -0.1) is 0 Å². The molecule has 0 aromatic rings. The highest BCUT2D eigenvalue weighted by molar-refractivity contribution is 8.00. The number of unbranched alkanes of at least 4 members (excludes halogenated alkanes) is 9. The van der Waals surface area contributed by atoms with Gasteiger partial charge in [0.1, 0.15) is 0 Å². The Morgan fingerprint density at radius 2 is 1.53 bits per heavy atom. The van der Waals surface area contributed by atoms with Crippen molar-refractivity contribution in [2.45, 2.75) is 107 Å². The molecule has 0 aromatic heterocycles. The summed E-state index contributed by atoms with van der Waals surface area (Å²) in [6.45, 7) is 0.772. The van der Waals surface area contributed by atoms with Gasteiger partial charge in [-0.25, -0.2) is 4.79 Å². The van der Waals surface area contributed by atoms with E-state index >= 15 is 0 Å². The summed E-state index contributed by atoms with van der Waals surface area (Å²) in [7, 11) is 0. The van der Waals surface area contributed by atoms with E-state index in [-0.39, 0.29) is 24.0 Å². The van der Waals surface area contributed by atoms with E-state index in [1.54, 1.807) is 0 Å². The van der Waals surface area contributed by atoms with Gasteiger partial charge >= 0.3 is 12.0 Å². The van der Waals surface area contributed by atoms with Crippen LogP contribution in [-0.4, -0.2) is 52.6 Å². The van der Waals surface area contributed by atoms with Gasteiger partial charge in [0, 0.05) is 30.4 Å². The number of fused-ring (bicyclic) bond motifs is 1. The molecule has 0 spiro atoms. The summed E-state index contributed by atoms with van der Waals surface area (Å²) in [6, 6.07) is 0.496. The van der Waals surface area contributed by atoms with E-state index < -0.39 is 5.97 Å². The van der Waals surface area contributed by atoms with E-state index in [1.807, 2.05) is 11.8 Å². The molecule has 7 nitrogen and oxygen atoms in total. The lowest BCUT2D eigenvalue weighted by Crippen LogP contribution is -2.36. The number of rotatable bonds is 17. The van der Waals surface area contributed by atoms with Gasteiger partial charge in [-0.2, -0.15) is 11.8 Å². The largest absolute Gasteiger partial charge is 0.481 e. The summed E-state index contributed by atoms with van der Waals surface area (Å²) < 4.78 is 0. The summed E-state index contributed by atoms with van der Waals surface area (Å²) in [5.41, 5.74) is 0. The van der Waals surface area contributed by atoms with Crippen LogP contribution in [0, 0.1) is 0 Å².